The van der Waals surface area contributed by atoms with Crippen LogP contribution in [0.15, 0.2) is 47.6 Å². The number of aliphatic imine (C=N–C) groups is 1. The molecule has 0 spiro atoms. The summed E-state index contributed by atoms with van der Waals surface area (Å²) in [6, 6.07) is 12.1. The van der Waals surface area contributed by atoms with E-state index in [0.29, 0.717) is 13.2 Å². The molecule has 0 amide bonds. The van der Waals surface area contributed by atoms with Crippen molar-refractivity contribution in [2.75, 3.05) is 20.2 Å². The Balaban J connectivity index is 1.67. The van der Waals surface area contributed by atoms with Crippen molar-refractivity contribution in [2.45, 2.75) is 26.8 Å². The number of ether oxygens (including phenoxy) is 1. The largest absolute Gasteiger partial charge is 0.493 e. The number of aromatic nitrogens is 1. The van der Waals surface area contributed by atoms with Gasteiger partial charge in [-0.3, -0.25) is 9.98 Å². The third-order valence-electron chi connectivity index (χ3n) is 3.66. The third kappa shape index (κ3) is 5.57. The molecule has 5 nitrogen and oxygen atoms in total. The molecule has 0 aliphatic rings. The summed E-state index contributed by atoms with van der Waals surface area (Å²) in [6.07, 6.45) is 2.69. The second-order valence-corrected chi connectivity index (χ2v) is 5.60. The van der Waals surface area contributed by atoms with Gasteiger partial charge in [-0.15, -0.1) is 0 Å². The summed E-state index contributed by atoms with van der Waals surface area (Å²) < 4.78 is 5.90. The van der Waals surface area contributed by atoms with Crippen LogP contribution in [-0.2, 0) is 6.54 Å². The van der Waals surface area contributed by atoms with Crippen molar-refractivity contribution in [1.82, 2.24) is 15.6 Å². The van der Waals surface area contributed by atoms with Crippen LogP contribution in [0.5, 0.6) is 5.75 Å². The van der Waals surface area contributed by atoms with Crippen molar-refractivity contribution in [3.63, 3.8) is 0 Å². The third-order valence-corrected chi connectivity index (χ3v) is 3.66. The molecule has 5 heteroatoms. The number of guanidine groups is 1. The fourth-order valence-corrected chi connectivity index (χ4v) is 2.38. The van der Waals surface area contributed by atoms with Crippen molar-refractivity contribution < 1.29 is 4.74 Å². The van der Waals surface area contributed by atoms with Gasteiger partial charge in [0, 0.05) is 19.8 Å². The number of aryl methyl sites for hydroxylation is 2. The molecule has 24 heavy (non-hydrogen) atoms. The van der Waals surface area contributed by atoms with Gasteiger partial charge in [0.15, 0.2) is 5.96 Å². The molecule has 2 aromatic rings. The van der Waals surface area contributed by atoms with Gasteiger partial charge in [0.2, 0.25) is 0 Å². The number of hydrogen-bond acceptors (Lipinski definition) is 3. The van der Waals surface area contributed by atoms with E-state index in [0.717, 1.165) is 30.4 Å². The first kappa shape index (κ1) is 17.8. The quantitative estimate of drug-likeness (QED) is 0.467. The first-order chi connectivity index (χ1) is 11.7. The monoisotopic (exact) mass is 326 g/mol. The van der Waals surface area contributed by atoms with E-state index in [2.05, 4.69) is 52.7 Å². The smallest absolute Gasteiger partial charge is 0.191 e. The maximum atomic E-state index is 5.90. The topological polar surface area (TPSA) is 58.5 Å². The summed E-state index contributed by atoms with van der Waals surface area (Å²) in [5.41, 5.74) is 3.34. The average Bonchev–Trinajstić information content (AvgIpc) is 2.60. The Labute approximate surface area is 144 Å². The van der Waals surface area contributed by atoms with Crippen LogP contribution in [0.1, 0.15) is 23.2 Å². The fourth-order valence-electron chi connectivity index (χ4n) is 2.38. The Bertz CT molecular complexity index is 635. The molecular formula is C19H26N4O. The van der Waals surface area contributed by atoms with Gasteiger partial charge >= 0.3 is 0 Å². The highest BCUT2D eigenvalue weighted by Crippen LogP contribution is 2.22. The Morgan fingerprint density at radius 1 is 1.08 bits per heavy atom. The van der Waals surface area contributed by atoms with Crippen LogP contribution in [0.25, 0.3) is 0 Å². The van der Waals surface area contributed by atoms with E-state index in [1.54, 1.807) is 13.2 Å². The summed E-state index contributed by atoms with van der Waals surface area (Å²) in [5, 5.41) is 6.53. The average molecular weight is 326 g/mol. The molecule has 1 aromatic carbocycles. The number of pyridine rings is 1. The first-order valence-electron chi connectivity index (χ1n) is 8.24. The molecule has 128 valence electrons. The van der Waals surface area contributed by atoms with E-state index in [1.165, 1.54) is 11.1 Å². The zero-order valence-electron chi connectivity index (χ0n) is 14.7. The van der Waals surface area contributed by atoms with Crippen LogP contribution >= 0.6 is 0 Å². The molecule has 0 atom stereocenters. The Morgan fingerprint density at radius 2 is 1.88 bits per heavy atom. The van der Waals surface area contributed by atoms with Crippen LogP contribution in [0.2, 0.25) is 0 Å². The summed E-state index contributed by atoms with van der Waals surface area (Å²) in [4.78, 5) is 8.49. The minimum absolute atomic E-state index is 0.652. The van der Waals surface area contributed by atoms with Gasteiger partial charge in [-0.05, 0) is 43.5 Å². The van der Waals surface area contributed by atoms with Crippen molar-refractivity contribution in [2.24, 2.45) is 4.99 Å². The molecule has 0 radical (unpaired) electrons. The van der Waals surface area contributed by atoms with Crippen LogP contribution in [-0.4, -0.2) is 31.1 Å². The number of rotatable bonds is 7. The Morgan fingerprint density at radius 3 is 2.54 bits per heavy atom. The fraction of sp³-hybridized carbons (Fsp3) is 0.368. The number of nitrogens with zero attached hydrogens (tertiary/aromatic N) is 2. The molecule has 0 unspecified atom stereocenters. The Kier molecular flexibility index (Phi) is 7.08. The molecule has 0 saturated carbocycles. The summed E-state index contributed by atoms with van der Waals surface area (Å²) in [6.45, 7) is 6.27. The second kappa shape index (κ2) is 9.55. The molecular weight excluding hydrogens is 300 g/mol. The zero-order chi connectivity index (χ0) is 17.2. The van der Waals surface area contributed by atoms with Crippen molar-refractivity contribution >= 4 is 5.96 Å². The van der Waals surface area contributed by atoms with Crippen LogP contribution < -0.4 is 15.4 Å². The number of hydrogen-bond donors (Lipinski definition) is 2. The summed E-state index contributed by atoms with van der Waals surface area (Å²) >= 11 is 0. The molecule has 0 aliphatic carbocycles. The molecule has 0 saturated heterocycles. The summed E-state index contributed by atoms with van der Waals surface area (Å²) in [5.74, 6) is 1.77. The lowest BCUT2D eigenvalue weighted by molar-refractivity contribution is 0.307. The zero-order valence-corrected chi connectivity index (χ0v) is 14.7. The van der Waals surface area contributed by atoms with Gasteiger partial charge < -0.3 is 15.4 Å². The van der Waals surface area contributed by atoms with E-state index in [-0.39, 0.29) is 0 Å². The lowest BCUT2D eigenvalue weighted by Gasteiger charge is -2.13. The van der Waals surface area contributed by atoms with Gasteiger partial charge in [-0.2, -0.15) is 0 Å². The van der Waals surface area contributed by atoms with E-state index < -0.39 is 0 Å². The lowest BCUT2D eigenvalue weighted by atomic mass is 10.1. The molecule has 2 rings (SSSR count). The molecule has 1 heterocycles. The van der Waals surface area contributed by atoms with E-state index in [9.17, 15) is 0 Å². The number of para-hydroxylation sites is 1. The second-order valence-electron chi connectivity index (χ2n) is 5.60. The predicted octanol–water partition coefficient (Wildman–Crippen LogP) is 2.83. The van der Waals surface area contributed by atoms with Gasteiger partial charge in [-0.1, -0.05) is 24.3 Å². The van der Waals surface area contributed by atoms with Crippen molar-refractivity contribution in [3.8, 4) is 5.75 Å². The van der Waals surface area contributed by atoms with E-state index in [4.69, 9.17) is 4.74 Å². The minimum Gasteiger partial charge on any atom is -0.493 e. The lowest BCUT2D eigenvalue weighted by Crippen LogP contribution is -2.37. The predicted molar refractivity (Wildman–Crippen MR) is 98.5 cm³/mol. The van der Waals surface area contributed by atoms with Gasteiger partial charge in [0.05, 0.1) is 18.8 Å². The van der Waals surface area contributed by atoms with Crippen LogP contribution in [0, 0.1) is 13.8 Å². The maximum absolute atomic E-state index is 5.90. The highest BCUT2D eigenvalue weighted by atomic mass is 16.5. The summed E-state index contributed by atoms with van der Waals surface area (Å²) in [7, 11) is 1.76. The van der Waals surface area contributed by atoms with E-state index >= 15 is 0 Å². The SMILES string of the molecule is CN=C(NCCCOc1c(C)cccc1C)NCc1ccccn1. The Hall–Kier alpha value is -2.56. The van der Waals surface area contributed by atoms with Crippen molar-refractivity contribution in [3.05, 3.63) is 59.4 Å². The standard InChI is InChI=1S/C19H26N4O/c1-15-8-6-9-16(2)18(15)24-13-7-12-22-19(20-3)23-14-17-10-4-5-11-21-17/h4-6,8-11H,7,12-14H2,1-3H3,(H2,20,22,23). The number of benzene rings is 1. The van der Waals surface area contributed by atoms with Crippen LogP contribution in [0.3, 0.4) is 0 Å². The maximum Gasteiger partial charge on any atom is 0.191 e. The first-order valence-corrected chi connectivity index (χ1v) is 8.24. The van der Waals surface area contributed by atoms with Gasteiger partial charge in [0.1, 0.15) is 5.75 Å². The molecule has 0 aliphatic heterocycles. The van der Waals surface area contributed by atoms with Crippen LogP contribution in [0.4, 0.5) is 0 Å². The number of nitrogens with one attached hydrogen (secondary N) is 2. The molecule has 2 N–H and O–H groups in total. The van der Waals surface area contributed by atoms with Gasteiger partial charge in [-0.25, -0.2) is 0 Å². The molecule has 0 bridgehead atoms. The molecule has 1 aromatic heterocycles. The molecule has 0 fully saturated rings. The van der Waals surface area contributed by atoms with Gasteiger partial charge in [0.25, 0.3) is 0 Å². The normalized spacial score (nSPS) is 11.2. The minimum atomic E-state index is 0.652. The van der Waals surface area contributed by atoms with Crippen molar-refractivity contribution in [1.29, 1.82) is 0 Å². The highest BCUT2D eigenvalue weighted by molar-refractivity contribution is 5.79. The highest BCUT2D eigenvalue weighted by Gasteiger charge is 2.03. The van der Waals surface area contributed by atoms with E-state index in [1.807, 2.05) is 18.2 Å².